The van der Waals surface area contributed by atoms with E-state index in [0.717, 1.165) is 21.4 Å². The smallest absolute Gasteiger partial charge is 0.120 e. The number of ether oxygens (including phenoxy) is 1. The largest absolute Gasteiger partial charge is 0.508 e. The van der Waals surface area contributed by atoms with E-state index in [0.29, 0.717) is 12.4 Å². The Labute approximate surface area is 115 Å². The van der Waals surface area contributed by atoms with Gasteiger partial charge in [-0.15, -0.1) is 11.3 Å². The molecule has 0 aliphatic heterocycles. The highest BCUT2D eigenvalue weighted by Gasteiger charge is 2.05. The van der Waals surface area contributed by atoms with Crippen LogP contribution in [0.3, 0.4) is 0 Å². The minimum Gasteiger partial charge on any atom is -0.508 e. The van der Waals surface area contributed by atoms with Crippen LogP contribution < -0.4 is 4.74 Å². The maximum absolute atomic E-state index is 9.45. The fourth-order valence-corrected chi connectivity index (χ4v) is 3.03. The van der Waals surface area contributed by atoms with Gasteiger partial charge in [-0.3, -0.25) is 0 Å². The summed E-state index contributed by atoms with van der Waals surface area (Å²) < 4.78 is 6.90. The molecule has 1 N–H and O–H groups in total. The lowest BCUT2D eigenvalue weighted by Gasteiger charge is -2.06. The fourth-order valence-electron chi connectivity index (χ4n) is 2.05. The summed E-state index contributed by atoms with van der Waals surface area (Å²) in [5.41, 5.74) is 2.35. The van der Waals surface area contributed by atoms with Crippen LogP contribution in [0.2, 0.25) is 0 Å². The van der Waals surface area contributed by atoms with Crippen molar-refractivity contribution in [3.63, 3.8) is 0 Å². The van der Waals surface area contributed by atoms with Gasteiger partial charge in [0.15, 0.2) is 0 Å². The number of fused-ring (bicyclic) bond motifs is 1. The molecule has 0 aliphatic carbocycles. The molecule has 0 atom stereocenters. The highest BCUT2D eigenvalue weighted by atomic mass is 32.1. The fraction of sp³-hybridized carbons (Fsp3) is 0.125. The third-order valence-electron chi connectivity index (χ3n) is 3.02. The number of hydrogen-bond donors (Lipinski definition) is 1. The van der Waals surface area contributed by atoms with Crippen LogP contribution in [0.15, 0.2) is 47.8 Å². The zero-order valence-electron chi connectivity index (χ0n) is 10.6. The topological polar surface area (TPSA) is 29.5 Å². The molecule has 0 saturated heterocycles. The van der Waals surface area contributed by atoms with Gasteiger partial charge in [-0.1, -0.05) is 12.1 Å². The van der Waals surface area contributed by atoms with E-state index in [-0.39, 0.29) is 0 Å². The monoisotopic (exact) mass is 270 g/mol. The van der Waals surface area contributed by atoms with Gasteiger partial charge in [0, 0.05) is 10.3 Å². The molecule has 0 fully saturated rings. The van der Waals surface area contributed by atoms with Gasteiger partial charge in [-0.05, 0) is 53.6 Å². The number of phenols is 1. The summed E-state index contributed by atoms with van der Waals surface area (Å²) in [6.45, 7) is 2.60. The third-order valence-corrected chi connectivity index (χ3v) is 4.02. The van der Waals surface area contributed by atoms with Crippen LogP contribution in [0, 0.1) is 6.92 Å². The molecule has 3 aromatic rings. The van der Waals surface area contributed by atoms with E-state index in [9.17, 15) is 5.11 Å². The average Bonchev–Trinajstić information content (AvgIpc) is 2.78. The van der Waals surface area contributed by atoms with E-state index in [1.165, 1.54) is 5.56 Å². The molecule has 0 saturated carbocycles. The van der Waals surface area contributed by atoms with Crippen molar-refractivity contribution < 1.29 is 9.84 Å². The molecule has 3 rings (SSSR count). The maximum Gasteiger partial charge on any atom is 0.120 e. The first-order valence-electron chi connectivity index (χ1n) is 6.11. The lowest BCUT2D eigenvalue weighted by atomic mass is 10.2. The van der Waals surface area contributed by atoms with E-state index < -0.39 is 0 Å². The molecular weight excluding hydrogens is 256 g/mol. The molecule has 1 aromatic heterocycles. The highest BCUT2D eigenvalue weighted by molar-refractivity contribution is 7.17. The van der Waals surface area contributed by atoms with Crippen molar-refractivity contribution >= 4 is 21.4 Å². The minimum absolute atomic E-state index is 0.306. The zero-order valence-corrected chi connectivity index (χ0v) is 11.4. The molecule has 0 bridgehead atoms. The van der Waals surface area contributed by atoms with Crippen molar-refractivity contribution in [1.82, 2.24) is 0 Å². The summed E-state index contributed by atoms with van der Waals surface area (Å²) in [5, 5.41) is 12.7. The van der Waals surface area contributed by atoms with Crippen LogP contribution >= 0.6 is 11.3 Å². The Morgan fingerprint density at radius 1 is 1.16 bits per heavy atom. The van der Waals surface area contributed by atoms with Crippen LogP contribution in [0.5, 0.6) is 11.5 Å². The normalized spacial score (nSPS) is 10.8. The number of aryl methyl sites for hydroxylation is 1. The molecule has 1 heterocycles. The van der Waals surface area contributed by atoms with Crippen molar-refractivity contribution in [2.24, 2.45) is 0 Å². The molecule has 96 valence electrons. The van der Waals surface area contributed by atoms with Crippen molar-refractivity contribution in [3.05, 3.63) is 59.0 Å². The summed E-state index contributed by atoms with van der Waals surface area (Å²) in [6, 6.07) is 13.5. The molecule has 2 nitrogen and oxygen atoms in total. The second kappa shape index (κ2) is 4.94. The molecule has 0 spiro atoms. The maximum atomic E-state index is 9.45. The van der Waals surface area contributed by atoms with Crippen LogP contribution in [0.4, 0.5) is 0 Å². The van der Waals surface area contributed by atoms with Gasteiger partial charge in [-0.2, -0.15) is 0 Å². The van der Waals surface area contributed by atoms with E-state index in [1.807, 2.05) is 24.3 Å². The number of hydrogen-bond acceptors (Lipinski definition) is 3. The van der Waals surface area contributed by atoms with E-state index in [1.54, 1.807) is 23.5 Å². The van der Waals surface area contributed by atoms with Crippen molar-refractivity contribution in [3.8, 4) is 11.5 Å². The Morgan fingerprint density at radius 2 is 2.05 bits per heavy atom. The van der Waals surface area contributed by atoms with Crippen LogP contribution in [0.25, 0.3) is 10.1 Å². The van der Waals surface area contributed by atoms with Crippen molar-refractivity contribution in [1.29, 1.82) is 0 Å². The third kappa shape index (κ3) is 2.56. The second-order valence-corrected chi connectivity index (χ2v) is 5.46. The van der Waals surface area contributed by atoms with Crippen LogP contribution in [-0.2, 0) is 6.61 Å². The Kier molecular flexibility index (Phi) is 3.13. The molecule has 0 unspecified atom stereocenters. The van der Waals surface area contributed by atoms with E-state index in [4.69, 9.17) is 4.74 Å². The second-order valence-electron chi connectivity index (χ2n) is 4.55. The number of aromatic hydroxyl groups is 1. The van der Waals surface area contributed by atoms with Gasteiger partial charge in [0.25, 0.3) is 0 Å². The predicted octanol–water partition coefficient (Wildman–Crippen LogP) is 4.49. The molecular formula is C16H14O2S. The number of rotatable bonds is 3. The molecule has 0 amide bonds. The van der Waals surface area contributed by atoms with Crippen LogP contribution in [-0.4, -0.2) is 5.11 Å². The molecule has 0 radical (unpaired) electrons. The lowest BCUT2D eigenvalue weighted by Crippen LogP contribution is -1.94. The van der Waals surface area contributed by atoms with Gasteiger partial charge in [-0.25, -0.2) is 0 Å². The first-order chi connectivity index (χ1) is 9.22. The molecule has 0 aliphatic rings. The standard InChI is InChI=1S/C16H14O2S/c1-11-3-2-4-14(7-11)18-9-12-10-19-16-8-13(17)5-6-15(12)16/h2-8,10,17H,9H2,1H3. The van der Waals surface area contributed by atoms with Crippen LogP contribution in [0.1, 0.15) is 11.1 Å². The molecule has 3 heteroatoms. The van der Waals surface area contributed by atoms with Gasteiger partial charge >= 0.3 is 0 Å². The number of benzene rings is 2. The summed E-state index contributed by atoms with van der Waals surface area (Å²) in [6.07, 6.45) is 0. The highest BCUT2D eigenvalue weighted by Crippen LogP contribution is 2.29. The number of thiophene rings is 1. The molecule has 2 aromatic carbocycles. The Bertz CT molecular complexity index is 716. The van der Waals surface area contributed by atoms with Gasteiger partial charge in [0.1, 0.15) is 18.1 Å². The Hall–Kier alpha value is -2.00. The van der Waals surface area contributed by atoms with Gasteiger partial charge in [0.2, 0.25) is 0 Å². The first-order valence-corrected chi connectivity index (χ1v) is 6.99. The predicted molar refractivity (Wildman–Crippen MR) is 79.0 cm³/mol. The average molecular weight is 270 g/mol. The van der Waals surface area contributed by atoms with Gasteiger partial charge < -0.3 is 9.84 Å². The Balaban J connectivity index is 1.82. The van der Waals surface area contributed by atoms with Gasteiger partial charge in [0.05, 0.1) is 0 Å². The Morgan fingerprint density at radius 3 is 2.89 bits per heavy atom. The molecule has 19 heavy (non-hydrogen) atoms. The summed E-state index contributed by atoms with van der Waals surface area (Å²) in [7, 11) is 0. The zero-order chi connectivity index (χ0) is 13.2. The van der Waals surface area contributed by atoms with E-state index >= 15 is 0 Å². The lowest BCUT2D eigenvalue weighted by molar-refractivity contribution is 0.308. The van der Waals surface area contributed by atoms with Crippen molar-refractivity contribution in [2.75, 3.05) is 0 Å². The summed E-state index contributed by atoms with van der Waals surface area (Å²) >= 11 is 1.63. The first kappa shape index (κ1) is 12.1. The summed E-state index contributed by atoms with van der Waals surface area (Å²) in [5.74, 6) is 1.19. The quantitative estimate of drug-likeness (QED) is 0.759. The SMILES string of the molecule is Cc1cccc(OCc2csc3cc(O)ccc23)c1. The summed E-state index contributed by atoms with van der Waals surface area (Å²) in [4.78, 5) is 0. The number of phenolic OH excluding ortho intramolecular Hbond substituents is 1. The van der Waals surface area contributed by atoms with E-state index in [2.05, 4.69) is 18.4 Å². The van der Waals surface area contributed by atoms with Crippen molar-refractivity contribution in [2.45, 2.75) is 13.5 Å². The minimum atomic E-state index is 0.306.